The number of hydrogen-bond donors (Lipinski definition) is 2. The molecular formula is C16H16N2O4. The molecule has 114 valence electrons. The first kappa shape index (κ1) is 14.3. The fourth-order valence-electron chi connectivity index (χ4n) is 2.60. The van der Waals surface area contributed by atoms with E-state index in [-0.39, 0.29) is 11.7 Å². The first-order chi connectivity index (χ1) is 10.6. The number of esters is 1. The van der Waals surface area contributed by atoms with E-state index in [1.165, 1.54) is 0 Å². The highest BCUT2D eigenvalue weighted by atomic mass is 16.5. The number of nitrogens with one attached hydrogen (secondary N) is 2. The Labute approximate surface area is 126 Å². The van der Waals surface area contributed by atoms with E-state index in [0.717, 1.165) is 10.9 Å². The lowest BCUT2D eigenvalue weighted by Gasteiger charge is -2.15. The zero-order chi connectivity index (χ0) is 15.7. The maximum atomic E-state index is 12.4. The van der Waals surface area contributed by atoms with Gasteiger partial charge in [-0.25, -0.2) is 4.79 Å². The van der Waals surface area contributed by atoms with Crippen molar-refractivity contribution in [1.82, 2.24) is 10.3 Å². The summed E-state index contributed by atoms with van der Waals surface area (Å²) >= 11 is 0. The Morgan fingerprint density at radius 1 is 1.32 bits per heavy atom. The third kappa shape index (κ3) is 2.59. The summed E-state index contributed by atoms with van der Waals surface area (Å²) in [6.07, 6.45) is 1.44. The Morgan fingerprint density at radius 3 is 2.82 bits per heavy atom. The number of ketones is 1. The van der Waals surface area contributed by atoms with Gasteiger partial charge in [-0.1, -0.05) is 18.2 Å². The van der Waals surface area contributed by atoms with Crippen molar-refractivity contribution in [2.75, 3.05) is 0 Å². The van der Waals surface area contributed by atoms with E-state index < -0.39 is 18.1 Å². The molecule has 2 aromatic rings. The Balaban J connectivity index is 1.72. The number of para-hydroxylation sites is 1. The quantitative estimate of drug-likeness (QED) is 0.662. The van der Waals surface area contributed by atoms with Crippen LogP contribution in [0, 0.1) is 0 Å². The summed E-state index contributed by atoms with van der Waals surface area (Å²) in [5, 5.41) is 3.33. The summed E-state index contributed by atoms with van der Waals surface area (Å²) in [6.45, 7) is 1.54. The number of hydrogen-bond acceptors (Lipinski definition) is 4. The second-order valence-electron chi connectivity index (χ2n) is 5.35. The van der Waals surface area contributed by atoms with Gasteiger partial charge in [0.1, 0.15) is 6.04 Å². The topological polar surface area (TPSA) is 88.3 Å². The maximum Gasteiger partial charge on any atom is 0.329 e. The molecule has 1 saturated heterocycles. The summed E-state index contributed by atoms with van der Waals surface area (Å²) in [6, 6.07) is 6.78. The second-order valence-corrected chi connectivity index (χ2v) is 5.35. The molecule has 3 rings (SSSR count). The Hall–Kier alpha value is -2.63. The molecule has 1 amide bonds. The molecule has 0 aliphatic carbocycles. The van der Waals surface area contributed by atoms with Crippen LogP contribution in [0.1, 0.15) is 30.1 Å². The summed E-state index contributed by atoms with van der Waals surface area (Å²) in [5.41, 5.74) is 1.35. The number of Topliss-reactive ketones (excluding diaryl/α,β-unsaturated/α-hetero) is 1. The molecule has 2 N–H and O–H groups in total. The van der Waals surface area contributed by atoms with E-state index in [9.17, 15) is 14.4 Å². The van der Waals surface area contributed by atoms with Crippen LogP contribution >= 0.6 is 0 Å². The minimum absolute atomic E-state index is 0.169. The van der Waals surface area contributed by atoms with Crippen molar-refractivity contribution >= 4 is 28.6 Å². The van der Waals surface area contributed by atoms with Crippen molar-refractivity contribution in [3.05, 3.63) is 36.0 Å². The van der Waals surface area contributed by atoms with Gasteiger partial charge in [-0.3, -0.25) is 9.59 Å². The molecule has 22 heavy (non-hydrogen) atoms. The van der Waals surface area contributed by atoms with Crippen LogP contribution in [-0.4, -0.2) is 34.8 Å². The Bertz CT molecular complexity index is 749. The molecule has 1 aliphatic rings. The first-order valence-corrected chi connectivity index (χ1v) is 7.16. The van der Waals surface area contributed by atoms with Gasteiger partial charge in [-0.2, -0.15) is 0 Å². The van der Waals surface area contributed by atoms with Gasteiger partial charge in [0.05, 0.1) is 0 Å². The standard InChI is InChI=1S/C16H16N2O4/c1-9(22-16(21)13-6-7-14(19)18-13)15(20)11-8-17-12-5-3-2-4-10(11)12/h2-5,8-9,13,17H,6-7H2,1H3,(H,18,19)/t9-,13-/m0/s1. The molecule has 1 aromatic carbocycles. The number of rotatable bonds is 4. The number of carbonyl (C=O) groups is 3. The molecule has 2 atom stereocenters. The SMILES string of the molecule is C[C@H](OC(=O)[C@@H]1CCC(=O)N1)C(=O)c1c[nH]c2ccccc12. The van der Waals surface area contributed by atoms with Crippen LogP contribution in [0.25, 0.3) is 10.9 Å². The highest BCUT2D eigenvalue weighted by Gasteiger charge is 2.31. The van der Waals surface area contributed by atoms with Crippen LogP contribution in [0.2, 0.25) is 0 Å². The van der Waals surface area contributed by atoms with E-state index in [4.69, 9.17) is 4.74 Å². The minimum atomic E-state index is -0.899. The third-order valence-electron chi connectivity index (χ3n) is 3.80. The van der Waals surface area contributed by atoms with E-state index in [2.05, 4.69) is 10.3 Å². The lowest BCUT2D eigenvalue weighted by molar-refractivity contribution is -0.149. The monoisotopic (exact) mass is 300 g/mol. The van der Waals surface area contributed by atoms with Crippen molar-refractivity contribution in [1.29, 1.82) is 0 Å². The zero-order valence-corrected chi connectivity index (χ0v) is 12.1. The Kier molecular flexibility index (Phi) is 3.66. The van der Waals surface area contributed by atoms with Crippen molar-refractivity contribution in [3.8, 4) is 0 Å². The van der Waals surface area contributed by atoms with Crippen LogP contribution in [-0.2, 0) is 14.3 Å². The summed E-state index contributed by atoms with van der Waals surface area (Å²) in [4.78, 5) is 38.5. The third-order valence-corrected chi connectivity index (χ3v) is 3.80. The molecule has 6 nitrogen and oxygen atoms in total. The zero-order valence-electron chi connectivity index (χ0n) is 12.1. The van der Waals surface area contributed by atoms with Crippen LogP contribution in [0.15, 0.2) is 30.5 Å². The fourth-order valence-corrected chi connectivity index (χ4v) is 2.60. The molecule has 0 radical (unpaired) electrons. The summed E-state index contributed by atoms with van der Waals surface area (Å²) in [7, 11) is 0. The number of fused-ring (bicyclic) bond motifs is 1. The predicted molar refractivity (Wildman–Crippen MR) is 79.3 cm³/mol. The van der Waals surface area contributed by atoms with Gasteiger partial charge in [0.2, 0.25) is 11.7 Å². The van der Waals surface area contributed by atoms with Crippen LogP contribution in [0.3, 0.4) is 0 Å². The summed E-state index contributed by atoms with van der Waals surface area (Å²) < 4.78 is 5.20. The number of aromatic amines is 1. The molecular weight excluding hydrogens is 284 g/mol. The van der Waals surface area contributed by atoms with Crippen LogP contribution in [0.5, 0.6) is 0 Å². The van der Waals surface area contributed by atoms with Crippen molar-refractivity contribution in [2.24, 2.45) is 0 Å². The van der Waals surface area contributed by atoms with Gasteiger partial charge >= 0.3 is 5.97 Å². The lowest BCUT2D eigenvalue weighted by Crippen LogP contribution is -2.37. The lowest BCUT2D eigenvalue weighted by atomic mass is 10.1. The number of amides is 1. The molecule has 2 heterocycles. The molecule has 0 spiro atoms. The van der Waals surface area contributed by atoms with Crippen molar-refractivity contribution in [3.63, 3.8) is 0 Å². The number of H-pyrrole nitrogens is 1. The molecule has 1 fully saturated rings. The highest BCUT2D eigenvalue weighted by molar-refractivity contribution is 6.10. The number of aromatic nitrogens is 1. The van der Waals surface area contributed by atoms with E-state index >= 15 is 0 Å². The predicted octanol–water partition coefficient (Wildman–Crippen LogP) is 1.56. The highest BCUT2D eigenvalue weighted by Crippen LogP contribution is 2.20. The van der Waals surface area contributed by atoms with Gasteiger partial charge in [0, 0.05) is 29.1 Å². The number of benzene rings is 1. The average Bonchev–Trinajstić information content (AvgIpc) is 3.12. The fraction of sp³-hybridized carbons (Fsp3) is 0.312. The first-order valence-electron chi connectivity index (χ1n) is 7.16. The minimum Gasteiger partial charge on any atom is -0.453 e. The largest absolute Gasteiger partial charge is 0.453 e. The molecule has 1 aromatic heterocycles. The van der Waals surface area contributed by atoms with Gasteiger partial charge < -0.3 is 15.0 Å². The van der Waals surface area contributed by atoms with Crippen LogP contribution in [0.4, 0.5) is 0 Å². The number of ether oxygens (including phenoxy) is 1. The maximum absolute atomic E-state index is 12.4. The number of carbonyl (C=O) groups excluding carboxylic acids is 3. The van der Waals surface area contributed by atoms with E-state index in [1.807, 2.05) is 24.3 Å². The molecule has 0 bridgehead atoms. The molecule has 0 unspecified atom stereocenters. The van der Waals surface area contributed by atoms with Gasteiger partial charge in [-0.15, -0.1) is 0 Å². The van der Waals surface area contributed by atoms with E-state index in [0.29, 0.717) is 18.4 Å². The van der Waals surface area contributed by atoms with Gasteiger partial charge in [0.25, 0.3) is 0 Å². The normalized spacial score (nSPS) is 19.0. The van der Waals surface area contributed by atoms with Gasteiger partial charge in [0.15, 0.2) is 6.10 Å². The van der Waals surface area contributed by atoms with Crippen LogP contribution < -0.4 is 5.32 Å². The van der Waals surface area contributed by atoms with Crippen molar-refractivity contribution < 1.29 is 19.1 Å². The molecule has 6 heteroatoms. The molecule has 0 saturated carbocycles. The Morgan fingerprint density at radius 2 is 2.09 bits per heavy atom. The summed E-state index contributed by atoms with van der Waals surface area (Å²) in [5.74, 6) is -1.00. The second kappa shape index (κ2) is 5.63. The smallest absolute Gasteiger partial charge is 0.329 e. The average molecular weight is 300 g/mol. The molecule has 1 aliphatic heterocycles. The van der Waals surface area contributed by atoms with E-state index in [1.54, 1.807) is 13.1 Å². The van der Waals surface area contributed by atoms with Gasteiger partial charge in [-0.05, 0) is 19.4 Å². The van der Waals surface area contributed by atoms with Crippen molar-refractivity contribution in [2.45, 2.75) is 31.9 Å².